The third-order valence-electron chi connectivity index (χ3n) is 1.15. The van der Waals surface area contributed by atoms with Crippen LogP contribution in [0.25, 0.3) is 0 Å². The Morgan fingerprint density at radius 3 is 2.50 bits per heavy atom. The Morgan fingerprint density at radius 2 is 1.90 bits per heavy atom. The zero-order valence-corrected chi connectivity index (χ0v) is 9.39. The molecule has 0 aromatic rings. The Labute approximate surface area is 77.4 Å². The largest absolute Gasteiger partial charge is 0.385 e. The van der Waals surface area contributed by atoms with Crippen LogP contribution >= 0.6 is 28.5 Å². The second-order valence-electron chi connectivity index (χ2n) is 1.98. The topological polar surface area (TPSA) is 18.5 Å². The second-order valence-corrected chi connectivity index (χ2v) is 3.74. The molecule has 0 aliphatic carbocycles. The summed E-state index contributed by atoms with van der Waals surface area (Å²) in [5.74, 6) is 0. The number of hydrogen-bond acceptors (Lipinski definition) is 2. The third-order valence-corrected chi connectivity index (χ3v) is 2.40. The van der Waals surface area contributed by atoms with Crippen molar-refractivity contribution < 1.29 is 9.26 Å². The highest BCUT2D eigenvalue weighted by molar-refractivity contribution is 14.2. The van der Waals surface area contributed by atoms with Gasteiger partial charge in [-0.25, -0.2) is 0 Å². The molecule has 0 fully saturated rings. The molecular formula is C6H14IO2P. The van der Waals surface area contributed by atoms with E-state index in [-0.39, 0.29) is 0 Å². The molecule has 0 aliphatic rings. The summed E-state index contributed by atoms with van der Waals surface area (Å²) in [6, 6.07) is 0. The van der Waals surface area contributed by atoms with Crippen molar-refractivity contribution in [2.24, 2.45) is 0 Å². The molecule has 62 valence electrons. The summed E-state index contributed by atoms with van der Waals surface area (Å²) in [5.41, 5.74) is 0. The van der Waals surface area contributed by atoms with Gasteiger partial charge < -0.3 is 9.26 Å². The summed E-state index contributed by atoms with van der Waals surface area (Å²) in [7, 11) is 1.74. The van der Waals surface area contributed by atoms with Gasteiger partial charge in [0.15, 0.2) is 0 Å². The molecule has 0 spiro atoms. The van der Waals surface area contributed by atoms with Gasteiger partial charge in [-0.15, -0.1) is 0 Å². The average Bonchev–Trinajstić information content (AvgIpc) is 1.97. The van der Waals surface area contributed by atoms with Gasteiger partial charge in [-0.3, -0.25) is 0 Å². The molecule has 0 aromatic carbocycles. The summed E-state index contributed by atoms with van der Waals surface area (Å²) >= 11 is 2.24. The average molecular weight is 276 g/mol. The van der Waals surface area contributed by atoms with Crippen LogP contribution in [-0.4, -0.2) is 20.3 Å². The van der Waals surface area contributed by atoms with E-state index in [1.165, 1.54) is 12.8 Å². The maximum atomic E-state index is 5.19. The van der Waals surface area contributed by atoms with Crippen LogP contribution < -0.4 is 0 Å². The molecule has 0 radical (unpaired) electrons. The second kappa shape index (κ2) is 10.1. The molecule has 0 amide bonds. The lowest BCUT2D eigenvalue weighted by atomic mass is 10.2. The van der Waals surface area contributed by atoms with Gasteiger partial charge in [-0.05, 0) is 41.3 Å². The molecule has 0 saturated carbocycles. The molecule has 0 bridgehead atoms. The molecular weight excluding hydrogens is 262 g/mol. The first-order valence-electron chi connectivity index (χ1n) is 3.38. The van der Waals surface area contributed by atoms with Crippen LogP contribution in [-0.2, 0) is 9.26 Å². The van der Waals surface area contributed by atoms with E-state index >= 15 is 0 Å². The van der Waals surface area contributed by atoms with Gasteiger partial charge in [0.05, 0.1) is 13.1 Å². The molecule has 10 heavy (non-hydrogen) atoms. The quantitative estimate of drug-likeness (QED) is 0.404. The standard InChI is InChI=1S/C6H14IO2P/c1-8-5-3-2-4-6-9-10-7/h10H,2-6H2,1H3. The third kappa shape index (κ3) is 9.08. The fourth-order valence-electron chi connectivity index (χ4n) is 0.636. The van der Waals surface area contributed by atoms with Crippen LogP contribution in [0.5, 0.6) is 0 Å². The van der Waals surface area contributed by atoms with Crippen molar-refractivity contribution in [2.75, 3.05) is 20.3 Å². The van der Waals surface area contributed by atoms with Crippen LogP contribution in [0, 0.1) is 0 Å². The van der Waals surface area contributed by atoms with Crippen LogP contribution in [0.1, 0.15) is 19.3 Å². The highest BCUT2D eigenvalue weighted by Gasteiger charge is 1.87. The van der Waals surface area contributed by atoms with Crippen molar-refractivity contribution in [1.29, 1.82) is 0 Å². The Balaban J connectivity index is 2.65. The predicted molar refractivity (Wildman–Crippen MR) is 54.0 cm³/mol. The molecule has 2 nitrogen and oxygen atoms in total. The number of unbranched alkanes of at least 4 members (excludes halogenated alkanes) is 2. The van der Waals surface area contributed by atoms with Gasteiger partial charge in [-0.1, -0.05) is 0 Å². The highest BCUT2D eigenvalue weighted by atomic mass is 127. The van der Waals surface area contributed by atoms with E-state index < -0.39 is 0 Å². The maximum absolute atomic E-state index is 5.19. The highest BCUT2D eigenvalue weighted by Crippen LogP contribution is 2.21. The first-order valence-corrected chi connectivity index (χ1v) is 7.40. The van der Waals surface area contributed by atoms with E-state index in [1.54, 1.807) is 7.11 Å². The summed E-state index contributed by atoms with van der Waals surface area (Å²) in [6.07, 6.45) is 3.54. The molecule has 0 saturated heterocycles. The minimum absolute atomic E-state index is 0.609. The molecule has 1 atom stereocenters. The van der Waals surface area contributed by atoms with Crippen molar-refractivity contribution in [1.82, 2.24) is 0 Å². The summed E-state index contributed by atoms with van der Waals surface area (Å²) in [5, 5.41) is 0. The summed E-state index contributed by atoms with van der Waals surface area (Å²) < 4.78 is 10.1. The van der Waals surface area contributed by atoms with Crippen LogP contribution in [0.3, 0.4) is 0 Å². The lowest BCUT2D eigenvalue weighted by Gasteiger charge is -1.99. The Morgan fingerprint density at radius 1 is 1.20 bits per heavy atom. The number of rotatable bonds is 7. The van der Waals surface area contributed by atoms with E-state index in [9.17, 15) is 0 Å². The minimum Gasteiger partial charge on any atom is -0.385 e. The smallest absolute Gasteiger partial charge is 0.0793 e. The van der Waals surface area contributed by atoms with Crippen molar-refractivity contribution in [2.45, 2.75) is 19.3 Å². The number of ether oxygens (including phenoxy) is 1. The molecule has 0 aliphatic heterocycles. The van der Waals surface area contributed by atoms with Crippen LogP contribution in [0.2, 0.25) is 0 Å². The Hall–Kier alpha value is 1.08. The zero-order chi connectivity index (χ0) is 7.66. The van der Waals surface area contributed by atoms with Crippen molar-refractivity contribution in [3.05, 3.63) is 0 Å². The molecule has 0 N–H and O–H groups in total. The Bertz CT molecular complexity index is 55.7. The minimum atomic E-state index is 0.609. The SMILES string of the molecule is COCCCCCOPI. The molecule has 0 aromatic heterocycles. The van der Waals surface area contributed by atoms with Crippen molar-refractivity contribution in [3.63, 3.8) is 0 Å². The van der Waals surface area contributed by atoms with Gasteiger partial charge in [0.2, 0.25) is 0 Å². The van der Waals surface area contributed by atoms with E-state index in [0.29, 0.717) is 6.45 Å². The van der Waals surface area contributed by atoms with E-state index in [4.69, 9.17) is 9.26 Å². The predicted octanol–water partition coefficient (Wildman–Crippen LogP) is 2.76. The van der Waals surface area contributed by atoms with Crippen molar-refractivity contribution in [3.8, 4) is 0 Å². The van der Waals surface area contributed by atoms with Crippen molar-refractivity contribution >= 4 is 28.5 Å². The Kier molecular flexibility index (Phi) is 11.2. The summed E-state index contributed by atoms with van der Waals surface area (Å²) in [4.78, 5) is 0. The van der Waals surface area contributed by atoms with E-state index in [0.717, 1.165) is 19.6 Å². The van der Waals surface area contributed by atoms with Gasteiger partial charge in [0, 0.05) is 13.7 Å². The molecule has 0 heterocycles. The normalized spacial score (nSPS) is 11.4. The number of hydrogen-bond donors (Lipinski definition) is 0. The molecule has 4 heteroatoms. The first-order chi connectivity index (χ1) is 4.91. The van der Waals surface area contributed by atoms with Gasteiger partial charge >= 0.3 is 0 Å². The first kappa shape index (κ1) is 11.1. The monoisotopic (exact) mass is 276 g/mol. The molecule has 0 rings (SSSR count). The fraction of sp³-hybridized carbons (Fsp3) is 1.00. The van der Waals surface area contributed by atoms with E-state index in [2.05, 4.69) is 22.0 Å². The number of methoxy groups -OCH3 is 1. The van der Waals surface area contributed by atoms with Gasteiger partial charge in [-0.2, -0.15) is 0 Å². The van der Waals surface area contributed by atoms with Crippen LogP contribution in [0.4, 0.5) is 0 Å². The fourth-order valence-corrected chi connectivity index (χ4v) is 1.52. The van der Waals surface area contributed by atoms with Gasteiger partial charge in [0.25, 0.3) is 0 Å². The number of halogens is 1. The lowest BCUT2D eigenvalue weighted by molar-refractivity contribution is 0.190. The summed E-state index contributed by atoms with van der Waals surface area (Å²) in [6.45, 7) is 2.40. The molecule has 1 unspecified atom stereocenters. The van der Waals surface area contributed by atoms with E-state index in [1.807, 2.05) is 0 Å². The van der Waals surface area contributed by atoms with Crippen LogP contribution in [0.15, 0.2) is 0 Å². The lowest BCUT2D eigenvalue weighted by Crippen LogP contribution is -1.90. The van der Waals surface area contributed by atoms with Gasteiger partial charge in [0.1, 0.15) is 0 Å². The maximum Gasteiger partial charge on any atom is 0.0793 e. The zero-order valence-electron chi connectivity index (χ0n) is 6.23.